The summed E-state index contributed by atoms with van der Waals surface area (Å²) in [6.45, 7) is 4.13. The Morgan fingerprint density at radius 3 is 0.733 bits per heavy atom. The molecule has 0 spiro atoms. The van der Waals surface area contributed by atoms with Gasteiger partial charge >= 0.3 is 11.9 Å². The summed E-state index contributed by atoms with van der Waals surface area (Å²) in [7, 11) is 0. The number of aliphatic hydroxyl groups excluding tert-OH is 1. The smallest absolute Gasteiger partial charge is 0.306 e. The van der Waals surface area contributed by atoms with Gasteiger partial charge in [-0.15, -0.1) is 0 Å². The van der Waals surface area contributed by atoms with Gasteiger partial charge in [-0.05, 0) is 12.8 Å². The van der Waals surface area contributed by atoms with Gasteiger partial charge in [-0.1, -0.05) is 296 Å². The molecule has 1 atom stereocenters. The fourth-order valence-electron chi connectivity index (χ4n) is 8.74. The summed E-state index contributed by atoms with van der Waals surface area (Å²) in [6.07, 6.45) is 62.8. The van der Waals surface area contributed by atoms with Gasteiger partial charge in [-0.25, -0.2) is 0 Å². The highest BCUT2D eigenvalue weighted by Gasteiger charge is 2.16. The molecule has 0 aliphatic carbocycles. The molecule has 0 radical (unpaired) electrons. The number of unbranched alkanes of at least 4 members (excludes halogenated alkanes) is 44. The minimum absolute atomic E-state index is 0.0582. The SMILES string of the molecule is CCCCCCCCCCCCCCCCCCCCCCCCCCCCCCCCCCCCCCCCCC(=O)OC(CO)COC(=O)CCCCCCCCC. The van der Waals surface area contributed by atoms with Crippen LogP contribution in [0.4, 0.5) is 0 Å². The third-order valence-corrected chi connectivity index (χ3v) is 12.9. The summed E-state index contributed by atoms with van der Waals surface area (Å²) in [5.74, 6) is -0.580. The monoisotopic (exact) mass is 849 g/mol. The van der Waals surface area contributed by atoms with E-state index in [1.165, 1.54) is 257 Å². The van der Waals surface area contributed by atoms with Crippen LogP contribution >= 0.6 is 0 Å². The van der Waals surface area contributed by atoms with Crippen LogP contribution in [0.5, 0.6) is 0 Å². The van der Waals surface area contributed by atoms with Crippen molar-refractivity contribution in [3.63, 3.8) is 0 Å². The van der Waals surface area contributed by atoms with Crippen LogP contribution in [-0.4, -0.2) is 36.4 Å². The molecule has 0 heterocycles. The molecule has 5 heteroatoms. The number of carbonyl (C=O) groups excluding carboxylic acids is 2. The second kappa shape index (κ2) is 52.2. The Kier molecular flexibility index (Phi) is 51.3. The lowest BCUT2D eigenvalue weighted by Crippen LogP contribution is -2.28. The number of hydrogen-bond donors (Lipinski definition) is 1. The minimum atomic E-state index is -0.761. The Morgan fingerprint density at radius 2 is 0.517 bits per heavy atom. The third kappa shape index (κ3) is 49.6. The summed E-state index contributed by atoms with van der Waals surface area (Å²) in [4.78, 5) is 24.2. The van der Waals surface area contributed by atoms with Crippen molar-refractivity contribution in [1.29, 1.82) is 0 Å². The molecule has 0 aliphatic rings. The van der Waals surface area contributed by atoms with Gasteiger partial charge < -0.3 is 14.6 Å². The Hall–Kier alpha value is -1.10. The number of esters is 2. The standard InChI is InChI=1S/C55H108O5/c1-3-5-7-9-11-12-13-14-15-16-17-18-19-20-21-22-23-24-25-26-27-28-29-30-31-32-33-34-35-36-37-38-39-40-41-42-44-46-48-50-55(58)60-53(51-56)52-59-54(57)49-47-45-43-10-8-6-4-2/h53,56H,3-52H2,1-2H3. The van der Waals surface area contributed by atoms with Gasteiger partial charge in [0, 0.05) is 12.8 Å². The van der Waals surface area contributed by atoms with E-state index in [2.05, 4.69) is 13.8 Å². The van der Waals surface area contributed by atoms with Gasteiger partial charge in [0.25, 0.3) is 0 Å². The number of aliphatic hydroxyl groups is 1. The summed E-state index contributed by atoms with van der Waals surface area (Å²) in [5.41, 5.74) is 0. The molecule has 0 aromatic rings. The summed E-state index contributed by atoms with van der Waals surface area (Å²) in [6, 6.07) is 0. The normalized spacial score (nSPS) is 12.0. The van der Waals surface area contributed by atoms with Crippen molar-refractivity contribution in [1.82, 2.24) is 0 Å². The van der Waals surface area contributed by atoms with Crippen LogP contribution in [0.3, 0.4) is 0 Å². The molecule has 0 aromatic heterocycles. The molecule has 1 N–H and O–H groups in total. The fraction of sp³-hybridized carbons (Fsp3) is 0.964. The van der Waals surface area contributed by atoms with Crippen molar-refractivity contribution in [2.75, 3.05) is 13.2 Å². The molecule has 0 aromatic carbocycles. The molecular formula is C55H108O5. The number of carbonyl (C=O) groups is 2. The molecule has 60 heavy (non-hydrogen) atoms. The van der Waals surface area contributed by atoms with E-state index in [0.29, 0.717) is 12.8 Å². The van der Waals surface area contributed by atoms with Crippen molar-refractivity contribution in [2.45, 2.75) is 328 Å². The average Bonchev–Trinajstić information content (AvgIpc) is 3.25. The van der Waals surface area contributed by atoms with Crippen molar-refractivity contribution in [3.05, 3.63) is 0 Å². The van der Waals surface area contributed by atoms with Gasteiger partial charge in [0.15, 0.2) is 6.10 Å². The quantitative estimate of drug-likeness (QED) is 0.0488. The maximum absolute atomic E-state index is 12.2. The first-order valence-electron chi connectivity index (χ1n) is 27.6. The second-order valence-electron chi connectivity index (χ2n) is 19.0. The molecule has 5 nitrogen and oxygen atoms in total. The van der Waals surface area contributed by atoms with E-state index in [1.54, 1.807) is 0 Å². The van der Waals surface area contributed by atoms with Crippen molar-refractivity contribution >= 4 is 11.9 Å². The predicted octanol–water partition coefficient (Wildman–Crippen LogP) is 18.2. The topological polar surface area (TPSA) is 72.8 Å². The van der Waals surface area contributed by atoms with Crippen molar-refractivity contribution in [3.8, 4) is 0 Å². The highest BCUT2D eigenvalue weighted by atomic mass is 16.6. The highest BCUT2D eigenvalue weighted by Crippen LogP contribution is 2.18. The van der Waals surface area contributed by atoms with Crippen LogP contribution in [0.25, 0.3) is 0 Å². The van der Waals surface area contributed by atoms with Crippen LogP contribution < -0.4 is 0 Å². The van der Waals surface area contributed by atoms with E-state index < -0.39 is 6.10 Å². The molecule has 1 unspecified atom stereocenters. The average molecular weight is 849 g/mol. The van der Waals surface area contributed by atoms with E-state index in [-0.39, 0.29) is 25.2 Å². The maximum Gasteiger partial charge on any atom is 0.306 e. The van der Waals surface area contributed by atoms with Crippen LogP contribution in [0.2, 0.25) is 0 Å². The third-order valence-electron chi connectivity index (χ3n) is 12.9. The first-order valence-corrected chi connectivity index (χ1v) is 27.6. The predicted molar refractivity (Wildman–Crippen MR) is 261 cm³/mol. The second-order valence-corrected chi connectivity index (χ2v) is 19.0. The van der Waals surface area contributed by atoms with E-state index in [9.17, 15) is 14.7 Å². The molecule has 0 saturated heterocycles. The van der Waals surface area contributed by atoms with E-state index in [4.69, 9.17) is 9.47 Å². The van der Waals surface area contributed by atoms with Gasteiger partial charge in [0.05, 0.1) is 6.61 Å². The molecule has 0 saturated carbocycles. The zero-order chi connectivity index (χ0) is 43.5. The zero-order valence-electron chi connectivity index (χ0n) is 41.0. The highest BCUT2D eigenvalue weighted by molar-refractivity contribution is 5.70. The maximum atomic E-state index is 12.2. The minimum Gasteiger partial charge on any atom is -0.462 e. The van der Waals surface area contributed by atoms with Gasteiger partial charge in [0.2, 0.25) is 0 Å². The van der Waals surface area contributed by atoms with Crippen molar-refractivity contribution in [2.24, 2.45) is 0 Å². The van der Waals surface area contributed by atoms with Crippen LogP contribution in [-0.2, 0) is 19.1 Å². The lowest BCUT2D eigenvalue weighted by atomic mass is 10.0. The molecule has 0 amide bonds. The van der Waals surface area contributed by atoms with E-state index >= 15 is 0 Å². The molecule has 0 bridgehead atoms. The van der Waals surface area contributed by atoms with Gasteiger partial charge in [-0.2, -0.15) is 0 Å². The first kappa shape index (κ1) is 58.9. The van der Waals surface area contributed by atoms with E-state index in [0.717, 1.165) is 38.5 Å². The molecule has 0 rings (SSSR count). The van der Waals surface area contributed by atoms with Crippen LogP contribution in [0.1, 0.15) is 322 Å². The fourth-order valence-corrected chi connectivity index (χ4v) is 8.74. The largest absolute Gasteiger partial charge is 0.462 e. The van der Waals surface area contributed by atoms with Gasteiger partial charge in [-0.3, -0.25) is 9.59 Å². The Balaban J connectivity index is 3.26. The van der Waals surface area contributed by atoms with Crippen LogP contribution in [0.15, 0.2) is 0 Å². The van der Waals surface area contributed by atoms with Gasteiger partial charge in [0.1, 0.15) is 6.61 Å². The number of hydrogen-bond acceptors (Lipinski definition) is 5. The van der Waals surface area contributed by atoms with E-state index in [1.807, 2.05) is 0 Å². The summed E-state index contributed by atoms with van der Waals surface area (Å²) >= 11 is 0. The first-order chi connectivity index (χ1) is 29.6. The Morgan fingerprint density at radius 1 is 0.317 bits per heavy atom. The summed E-state index contributed by atoms with van der Waals surface area (Å²) < 4.78 is 10.6. The Labute approximate surface area is 376 Å². The van der Waals surface area contributed by atoms with Crippen molar-refractivity contribution < 1.29 is 24.2 Å². The zero-order valence-corrected chi connectivity index (χ0v) is 41.0. The molecule has 0 aliphatic heterocycles. The molecule has 0 fully saturated rings. The number of rotatable bonds is 52. The number of ether oxygens (including phenoxy) is 2. The lowest BCUT2D eigenvalue weighted by molar-refractivity contribution is -0.161. The lowest BCUT2D eigenvalue weighted by Gasteiger charge is -2.15. The molecule has 358 valence electrons. The molecular weight excluding hydrogens is 741 g/mol. The van der Waals surface area contributed by atoms with Crippen LogP contribution in [0, 0.1) is 0 Å². The Bertz CT molecular complexity index is 830. The summed E-state index contributed by atoms with van der Waals surface area (Å²) in [5, 5.41) is 9.54.